The minimum Gasteiger partial charge on any atom is -0.383 e. The lowest BCUT2D eigenvalue weighted by Crippen LogP contribution is -2.23. The molecule has 0 amide bonds. The third-order valence-electron chi connectivity index (χ3n) is 3.41. The van der Waals surface area contributed by atoms with Gasteiger partial charge in [-0.2, -0.15) is 0 Å². The Balaban J connectivity index is 1.72. The highest BCUT2D eigenvalue weighted by Gasteiger charge is 2.01. The van der Waals surface area contributed by atoms with E-state index in [-0.39, 0.29) is 11.4 Å². The molecule has 4 heteroatoms. The predicted octanol–water partition coefficient (Wildman–Crippen LogP) is 3.25. The summed E-state index contributed by atoms with van der Waals surface area (Å²) >= 11 is 0. The SMILES string of the molecule is O=c1c2ccccc2ccn1CCNc1ccc(F)cc1. The summed E-state index contributed by atoms with van der Waals surface area (Å²) in [7, 11) is 0. The summed E-state index contributed by atoms with van der Waals surface area (Å²) in [6, 6.07) is 15.7. The summed E-state index contributed by atoms with van der Waals surface area (Å²) < 4.78 is 14.5. The second-order valence-electron chi connectivity index (χ2n) is 4.84. The first-order valence-corrected chi connectivity index (χ1v) is 6.82. The fraction of sp³-hybridized carbons (Fsp3) is 0.118. The molecule has 1 heterocycles. The van der Waals surface area contributed by atoms with Crippen molar-refractivity contribution >= 4 is 16.5 Å². The number of nitrogens with one attached hydrogen (secondary N) is 1. The second kappa shape index (κ2) is 5.79. The van der Waals surface area contributed by atoms with Gasteiger partial charge in [0.2, 0.25) is 0 Å². The number of benzene rings is 2. The van der Waals surface area contributed by atoms with Crippen molar-refractivity contribution in [1.82, 2.24) is 4.57 Å². The highest BCUT2D eigenvalue weighted by atomic mass is 19.1. The van der Waals surface area contributed by atoms with Crippen LogP contribution in [0.1, 0.15) is 0 Å². The molecule has 1 aromatic heterocycles. The highest BCUT2D eigenvalue weighted by molar-refractivity contribution is 5.81. The van der Waals surface area contributed by atoms with Gasteiger partial charge >= 0.3 is 0 Å². The van der Waals surface area contributed by atoms with Gasteiger partial charge in [0, 0.05) is 30.4 Å². The lowest BCUT2D eigenvalue weighted by molar-refractivity contribution is 0.628. The van der Waals surface area contributed by atoms with Gasteiger partial charge in [-0.25, -0.2) is 4.39 Å². The first-order valence-electron chi connectivity index (χ1n) is 6.82. The maximum atomic E-state index is 12.8. The number of pyridine rings is 1. The van der Waals surface area contributed by atoms with Crippen molar-refractivity contribution < 1.29 is 4.39 Å². The molecule has 0 atom stereocenters. The van der Waals surface area contributed by atoms with Gasteiger partial charge in [0.1, 0.15) is 5.82 Å². The molecule has 21 heavy (non-hydrogen) atoms. The van der Waals surface area contributed by atoms with E-state index >= 15 is 0 Å². The molecule has 0 aliphatic rings. The molecule has 0 bridgehead atoms. The molecule has 0 unspecified atom stereocenters. The molecule has 0 saturated carbocycles. The van der Waals surface area contributed by atoms with Crippen LogP contribution in [0.3, 0.4) is 0 Å². The minimum atomic E-state index is -0.258. The van der Waals surface area contributed by atoms with Crippen LogP contribution in [0.5, 0.6) is 0 Å². The van der Waals surface area contributed by atoms with Crippen LogP contribution in [0.4, 0.5) is 10.1 Å². The summed E-state index contributed by atoms with van der Waals surface area (Å²) in [5.41, 5.74) is 0.847. The van der Waals surface area contributed by atoms with E-state index in [0.717, 1.165) is 16.5 Å². The standard InChI is InChI=1S/C17H15FN2O/c18-14-5-7-15(8-6-14)19-10-12-20-11-9-13-3-1-2-4-16(13)17(20)21/h1-9,11,19H,10,12H2. The van der Waals surface area contributed by atoms with E-state index < -0.39 is 0 Å². The zero-order chi connectivity index (χ0) is 14.7. The van der Waals surface area contributed by atoms with Crippen molar-refractivity contribution in [2.75, 3.05) is 11.9 Å². The average Bonchev–Trinajstić information content (AvgIpc) is 2.52. The number of aromatic nitrogens is 1. The first kappa shape index (κ1) is 13.4. The number of nitrogens with zero attached hydrogens (tertiary/aromatic N) is 1. The number of hydrogen-bond acceptors (Lipinski definition) is 2. The molecule has 0 radical (unpaired) electrons. The maximum absolute atomic E-state index is 12.8. The van der Waals surface area contributed by atoms with Gasteiger partial charge in [0.15, 0.2) is 0 Å². The smallest absolute Gasteiger partial charge is 0.258 e. The van der Waals surface area contributed by atoms with Gasteiger partial charge < -0.3 is 9.88 Å². The molecule has 106 valence electrons. The number of fused-ring (bicyclic) bond motifs is 1. The minimum absolute atomic E-state index is 0.00834. The fourth-order valence-electron chi connectivity index (χ4n) is 2.29. The van der Waals surface area contributed by atoms with Crippen LogP contribution in [0, 0.1) is 5.82 Å². The molecule has 0 saturated heterocycles. The van der Waals surface area contributed by atoms with Crippen molar-refractivity contribution in [3.63, 3.8) is 0 Å². The van der Waals surface area contributed by atoms with Crippen molar-refractivity contribution in [1.29, 1.82) is 0 Å². The summed E-state index contributed by atoms with van der Waals surface area (Å²) in [6.07, 6.45) is 1.80. The highest BCUT2D eigenvalue weighted by Crippen LogP contribution is 2.09. The Morgan fingerprint density at radius 3 is 2.57 bits per heavy atom. The first-order chi connectivity index (χ1) is 10.2. The maximum Gasteiger partial charge on any atom is 0.258 e. The van der Waals surface area contributed by atoms with Crippen molar-refractivity contribution in [2.24, 2.45) is 0 Å². The Kier molecular flexibility index (Phi) is 3.69. The third kappa shape index (κ3) is 2.94. The van der Waals surface area contributed by atoms with Crippen LogP contribution in [0.15, 0.2) is 65.6 Å². The number of hydrogen-bond donors (Lipinski definition) is 1. The van der Waals surface area contributed by atoms with Crippen molar-refractivity contribution in [3.05, 3.63) is 77.0 Å². The lowest BCUT2D eigenvalue weighted by Gasteiger charge is -2.09. The molecule has 0 spiro atoms. The normalized spacial score (nSPS) is 10.7. The van der Waals surface area contributed by atoms with Crippen molar-refractivity contribution in [3.8, 4) is 0 Å². The Morgan fingerprint density at radius 2 is 1.76 bits per heavy atom. The van der Waals surface area contributed by atoms with Gasteiger partial charge in [-0.3, -0.25) is 4.79 Å². The molecule has 0 aliphatic carbocycles. The topological polar surface area (TPSA) is 34.0 Å². The van der Waals surface area contributed by atoms with Crippen LogP contribution in [-0.4, -0.2) is 11.1 Å². The van der Waals surface area contributed by atoms with Gasteiger partial charge in [0.25, 0.3) is 5.56 Å². The predicted molar refractivity (Wildman–Crippen MR) is 83.1 cm³/mol. The largest absolute Gasteiger partial charge is 0.383 e. The van der Waals surface area contributed by atoms with Crippen LogP contribution in [0.2, 0.25) is 0 Å². The molecule has 2 aromatic carbocycles. The van der Waals surface area contributed by atoms with E-state index in [1.165, 1.54) is 12.1 Å². The summed E-state index contributed by atoms with van der Waals surface area (Å²) in [5.74, 6) is -0.258. The Labute approximate surface area is 121 Å². The molecular formula is C17H15FN2O. The number of rotatable bonds is 4. The molecule has 3 aromatic rings. The van der Waals surface area contributed by atoms with E-state index in [0.29, 0.717) is 13.1 Å². The van der Waals surface area contributed by atoms with E-state index in [9.17, 15) is 9.18 Å². The molecule has 3 rings (SSSR count). The average molecular weight is 282 g/mol. The van der Waals surface area contributed by atoms with E-state index in [1.807, 2.05) is 30.3 Å². The summed E-state index contributed by atoms with van der Waals surface area (Å²) in [4.78, 5) is 12.3. The zero-order valence-corrected chi connectivity index (χ0v) is 11.4. The number of halogens is 1. The number of anilines is 1. The van der Waals surface area contributed by atoms with E-state index in [2.05, 4.69) is 5.32 Å². The van der Waals surface area contributed by atoms with Gasteiger partial charge in [-0.05, 0) is 41.8 Å². The van der Waals surface area contributed by atoms with Gasteiger partial charge in [0.05, 0.1) is 0 Å². The van der Waals surface area contributed by atoms with Crippen LogP contribution < -0.4 is 10.9 Å². The van der Waals surface area contributed by atoms with Gasteiger partial charge in [-0.1, -0.05) is 18.2 Å². The molecule has 0 aliphatic heterocycles. The van der Waals surface area contributed by atoms with E-state index in [4.69, 9.17) is 0 Å². The quantitative estimate of drug-likeness (QED) is 0.797. The van der Waals surface area contributed by atoms with Crippen LogP contribution in [0.25, 0.3) is 10.8 Å². The van der Waals surface area contributed by atoms with E-state index in [1.54, 1.807) is 22.9 Å². The molecule has 3 nitrogen and oxygen atoms in total. The summed E-state index contributed by atoms with van der Waals surface area (Å²) in [6.45, 7) is 1.16. The summed E-state index contributed by atoms with van der Waals surface area (Å²) in [5, 5.41) is 4.84. The lowest BCUT2D eigenvalue weighted by atomic mass is 10.2. The fourth-order valence-corrected chi connectivity index (χ4v) is 2.29. The Morgan fingerprint density at radius 1 is 1.00 bits per heavy atom. The van der Waals surface area contributed by atoms with Gasteiger partial charge in [-0.15, -0.1) is 0 Å². The second-order valence-corrected chi connectivity index (χ2v) is 4.84. The van der Waals surface area contributed by atoms with Crippen LogP contribution in [-0.2, 0) is 6.54 Å². The molecule has 0 fully saturated rings. The van der Waals surface area contributed by atoms with Crippen molar-refractivity contribution in [2.45, 2.75) is 6.54 Å². The Hall–Kier alpha value is -2.62. The molecule has 1 N–H and O–H groups in total. The Bertz CT molecular complexity index is 809. The van der Waals surface area contributed by atoms with Crippen LogP contribution >= 0.6 is 0 Å². The monoisotopic (exact) mass is 282 g/mol. The molecular weight excluding hydrogens is 267 g/mol. The zero-order valence-electron chi connectivity index (χ0n) is 11.4. The third-order valence-corrected chi connectivity index (χ3v) is 3.41.